The molecular weight excluding hydrogens is 368 g/mol. The number of rotatable bonds is 18. The van der Waals surface area contributed by atoms with Gasteiger partial charge in [-0.15, -0.1) is 0 Å². The van der Waals surface area contributed by atoms with Crippen LogP contribution >= 0.6 is 0 Å². The van der Waals surface area contributed by atoms with E-state index in [9.17, 15) is 4.79 Å². The fourth-order valence-corrected chi connectivity index (χ4v) is 4.95. The predicted molar refractivity (Wildman–Crippen MR) is 131 cm³/mol. The third-order valence-corrected chi connectivity index (χ3v) is 7.37. The second-order valence-electron chi connectivity index (χ2n) is 10.5. The molecule has 3 atom stereocenters. The lowest BCUT2D eigenvalue weighted by molar-refractivity contribution is -0.154. The van der Waals surface area contributed by atoms with Gasteiger partial charge in [0, 0.05) is 6.42 Å². The molecule has 0 aliphatic heterocycles. The normalized spacial score (nSPS) is 21.8. The largest absolute Gasteiger partial charge is 0.462 e. The van der Waals surface area contributed by atoms with E-state index in [1.807, 2.05) is 0 Å². The molecular formula is C28H54O2. The summed E-state index contributed by atoms with van der Waals surface area (Å²) in [6, 6.07) is 0. The molecule has 1 rings (SSSR count). The van der Waals surface area contributed by atoms with E-state index < -0.39 is 0 Å². The van der Waals surface area contributed by atoms with Crippen molar-refractivity contribution >= 4 is 5.97 Å². The van der Waals surface area contributed by atoms with E-state index in [1.165, 1.54) is 103 Å². The Morgan fingerprint density at radius 1 is 0.767 bits per heavy atom. The SMILES string of the molecule is CCCCCCCCCCCCCCCCCC(=O)OC1CC(C(C)C)CCC1C. The molecule has 0 radical (unpaired) electrons. The van der Waals surface area contributed by atoms with Crippen molar-refractivity contribution in [2.45, 2.75) is 156 Å². The summed E-state index contributed by atoms with van der Waals surface area (Å²) in [4.78, 5) is 12.2. The number of unbranched alkanes of at least 4 members (excludes halogenated alkanes) is 14. The van der Waals surface area contributed by atoms with E-state index in [-0.39, 0.29) is 12.1 Å². The molecule has 0 spiro atoms. The summed E-state index contributed by atoms with van der Waals surface area (Å²) in [6.45, 7) is 9.14. The Hall–Kier alpha value is -0.530. The molecule has 2 heteroatoms. The van der Waals surface area contributed by atoms with Crippen LogP contribution in [0.15, 0.2) is 0 Å². The Labute approximate surface area is 189 Å². The molecule has 0 amide bonds. The summed E-state index contributed by atoms with van der Waals surface area (Å²) in [6.07, 6.45) is 24.7. The first-order chi connectivity index (χ1) is 14.5. The van der Waals surface area contributed by atoms with Crippen LogP contribution in [0.1, 0.15) is 150 Å². The van der Waals surface area contributed by atoms with Gasteiger partial charge in [-0.25, -0.2) is 0 Å². The number of carbonyl (C=O) groups is 1. The van der Waals surface area contributed by atoms with Crippen molar-refractivity contribution in [1.29, 1.82) is 0 Å². The summed E-state index contributed by atoms with van der Waals surface area (Å²) in [5, 5.41) is 0. The quantitative estimate of drug-likeness (QED) is 0.162. The Morgan fingerprint density at radius 2 is 1.23 bits per heavy atom. The Morgan fingerprint density at radius 3 is 1.70 bits per heavy atom. The van der Waals surface area contributed by atoms with Crippen molar-refractivity contribution < 1.29 is 9.53 Å². The summed E-state index contributed by atoms with van der Waals surface area (Å²) in [7, 11) is 0. The summed E-state index contributed by atoms with van der Waals surface area (Å²) >= 11 is 0. The molecule has 3 unspecified atom stereocenters. The van der Waals surface area contributed by atoms with E-state index in [0.717, 1.165) is 18.8 Å². The third-order valence-electron chi connectivity index (χ3n) is 7.37. The lowest BCUT2D eigenvalue weighted by atomic mass is 9.76. The van der Waals surface area contributed by atoms with Crippen LogP contribution in [0.25, 0.3) is 0 Å². The Bertz CT molecular complexity index is 403. The zero-order valence-electron chi connectivity index (χ0n) is 21.1. The smallest absolute Gasteiger partial charge is 0.306 e. The number of carbonyl (C=O) groups excluding carboxylic acids is 1. The number of hydrogen-bond donors (Lipinski definition) is 0. The second-order valence-corrected chi connectivity index (χ2v) is 10.5. The minimum Gasteiger partial charge on any atom is -0.462 e. The van der Waals surface area contributed by atoms with Crippen LogP contribution in [-0.2, 0) is 9.53 Å². The van der Waals surface area contributed by atoms with Crippen molar-refractivity contribution in [3.8, 4) is 0 Å². The van der Waals surface area contributed by atoms with Gasteiger partial charge < -0.3 is 4.74 Å². The van der Waals surface area contributed by atoms with Crippen LogP contribution in [-0.4, -0.2) is 12.1 Å². The molecule has 2 nitrogen and oxygen atoms in total. The maximum Gasteiger partial charge on any atom is 0.306 e. The first-order valence-electron chi connectivity index (χ1n) is 13.7. The van der Waals surface area contributed by atoms with Gasteiger partial charge in [0.25, 0.3) is 0 Å². The summed E-state index contributed by atoms with van der Waals surface area (Å²) in [5.74, 6) is 2.01. The highest BCUT2D eigenvalue weighted by molar-refractivity contribution is 5.69. The van der Waals surface area contributed by atoms with Gasteiger partial charge in [-0.1, -0.05) is 118 Å². The highest BCUT2D eigenvalue weighted by atomic mass is 16.5. The van der Waals surface area contributed by atoms with Crippen LogP contribution in [0.2, 0.25) is 0 Å². The molecule has 30 heavy (non-hydrogen) atoms. The Balaban J connectivity index is 1.89. The minimum absolute atomic E-state index is 0.0472. The highest BCUT2D eigenvalue weighted by Gasteiger charge is 2.31. The van der Waals surface area contributed by atoms with E-state index in [2.05, 4.69) is 27.7 Å². The van der Waals surface area contributed by atoms with Gasteiger partial charge >= 0.3 is 5.97 Å². The van der Waals surface area contributed by atoms with Crippen molar-refractivity contribution in [2.24, 2.45) is 17.8 Å². The molecule has 0 heterocycles. The Kier molecular flexibility index (Phi) is 16.6. The van der Waals surface area contributed by atoms with E-state index in [0.29, 0.717) is 18.3 Å². The maximum absolute atomic E-state index is 12.2. The minimum atomic E-state index is 0.0472. The molecule has 0 bridgehead atoms. The van der Waals surface area contributed by atoms with Gasteiger partial charge in [-0.3, -0.25) is 4.79 Å². The monoisotopic (exact) mass is 422 g/mol. The standard InChI is InChI=1S/C28H54O2/c1-5-6-7-8-9-10-11-12-13-14-15-16-17-18-19-20-28(29)30-27-23-26(24(2)3)22-21-25(27)4/h24-27H,5-23H2,1-4H3. The first-order valence-corrected chi connectivity index (χ1v) is 13.7. The lowest BCUT2D eigenvalue weighted by Crippen LogP contribution is -2.33. The molecule has 1 fully saturated rings. The van der Waals surface area contributed by atoms with Crippen molar-refractivity contribution in [3.05, 3.63) is 0 Å². The predicted octanol–water partition coefficient (Wildman–Crippen LogP) is 9.25. The average Bonchev–Trinajstić information content (AvgIpc) is 2.72. The zero-order valence-corrected chi connectivity index (χ0v) is 21.1. The zero-order chi connectivity index (χ0) is 22.0. The van der Waals surface area contributed by atoms with Gasteiger partial charge in [-0.05, 0) is 43.4 Å². The van der Waals surface area contributed by atoms with Crippen molar-refractivity contribution in [1.82, 2.24) is 0 Å². The van der Waals surface area contributed by atoms with Gasteiger partial charge in [0.05, 0.1) is 0 Å². The summed E-state index contributed by atoms with van der Waals surface area (Å²) < 4.78 is 5.86. The second kappa shape index (κ2) is 18.1. The third kappa shape index (κ3) is 13.7. The molecule has 178 valence electrons. The molecule has 1 saturated carbocycles. The number of esters is 1. The van der Waals surface area contributed by atoms with Gasteiger partial charge in [0.1, 0.15) is 6.10 Å². The fraction of sp³-hybridized carbons (Fsp3) is 0.964. The van der Waals surface area contributed by atoms with E-state index in [1.54, 1.807) is 0 Å². The average molecular weight is 423 g/mol. The van der Waals surface area contributed by atoms with Crippen LogP contribution < -0.4 is 0 Å². The van der Waals surface area contributed by atoms with Crippen LogP contribution in [0.5, 0.6) is 0 Å². The number of ether oxygens (including phenoxy) is 1. The van der Waals surface area contributed by atoms with E-state index >= 15 is 0 Å². The lowest BCUT2D eigenvalue weighted by Gasteiger charge is -2.35. The van der Waals surface area contributed by atoms with Gasteiger partial charge in [0.2, 0.25) is 0 Å². The number of hydrogen-bond acceptors (Lipinski definition) is 2. The van der Waals surface area contributed by atoms with Crippen LogP contribution in [0.4, 0.5) is 0 Å². The fourth-order valence-electron chi connectivity index (χ4n) is 4.95. The maximum atomic E-state index is 12.2. The van der Waals surface area contributed by atoms with E-state index in [4.69, 9.17) is 4.74 Å². The van der Waals surface area contributed by atoms with Crippen LogP contribution in [0, 0.1) is 17.8 Å². The molecule has 0 aromatic heterocycles. The van der Waals surface area contributed by atoms with Gasteiger partial charge in [-0.2, -0.15) is 0 Å². The first kappa shape index (κ1) is 27.5. The topological polar surface area (TPSA) is 26.3 Å². The molecule has 0 aromatic carbocycles. The van der Waals surface area contributed by atoms with Crippen molar-refractivity contribution in [3.63, 3.8) is 0 Å². The van der Waals surface area contributed by atoms with Crippen molar-refractivity contribution in [2.75, 3.05) is 0 Å². The molecule has 0 saturated heterocycles. The molecule has 1 aliphatic carbocycles. The molecule has 1 aliphatic rings. The molecule has 0 aromatic rings. The molecule has 0 N–H and O–H groups in total. The van der Waals surface area contributed by atoms with Gasteiger partial charge in [0.15, 0.2) is 0 Å². The van der Waals surface area contributed by atoms with Crippen LogP contribution in [0.3, 0.4) is 0 Å². The summed E-state index contributed by atoms with van der Waals surface area (Å²) in [5.41, 5.74) is 0. The highest BCUT2D eigenvalue weighted by Crippen LogP contribution is 2.35.